The predicted molar refractivity (Wildman–Crippen MR) is 111 cm³/mol. The first-order valence-corrected chi connectivity index (χ1v) is 10.1. The molecule has 2 amide bonds. The molecule has 2 aliphatic rings. The van der Waals surface area contributed by atoms with E-state index in [1.807, 2.05) is 17.5 Å². The second kappa shape index (κ2) is 8.87. The average Bonchev–Trinajstić information content (AvgIpc) is 3.30. The summed E-state index contributed by atoms with van der Waals surface area (Å²) in [6.07, 6.45) is 5.35. The van der Waals surface area contributed by atoms with E-state index >= 15 is 0 Å². The molecule has 0 spiro atoms. The van der Waals surface area contributed by atoms with E-state index in [1.165, 1.54) is 22.5 Å². The van der Waals surface area contributed by atoms with Crippen molar-refractivity contribution in [2.45, 2.75) is 38.1 Å². The second-order valence-electron chi connectivity index (χ2n) is 6.97. The summed E-state index contributed by atoms with van der Waals surface area (Å²) in [6, 6.07) is 7.83. The Hall–Kier alpha value is -1.89. The number of carbonyl (C=O) groups excluding carboxylic acids is 2. The summed E-state index contributed by atoms with van der Waals surface area (Å²) >= 11 is 1.38. The third kappa shape index (κ3) is 4.51. The number of amides is 2. The van der Waals surface area contributed by atoms with E-state index in [4.69, 9.17) is 0 Å². The number of halogens is 1. The highest BCUT2D eigenvalue weighted by atomic mass is 35.5. The van der Waals surface area contributed by atoms with Gasteiger partial charge in [0.2, 0.25) is 0 Å². The summed E-state index contributed by atoms with van der Waals surface area (Å²) < 4.78 is 0. The largest absolute Gasteiger partial charge is 0.348 e. The summed E-state index contributed by atoms with van der Waals surface area (Å²) in [5, 5.41) is 11.7. The molecule has 3 N–H and O–H groups in total. The van der Waals surface area contributed by atoms with Crippen molar-refractivity contribution in [3.05, 3.63) is 51.9 Å². The van der Waals surface area contributed by atoms with Crippen molar-refractivity contribution in [3.63, 3.8) is 0 Å². The molecule has 1 atom stereocenters. The Morgan fingerprint density at radius 2 is 1.93 bits per heavy atom. The SMILES string of the molecule is Cl.O=C(Nc1sccc1C(=O)N[C@H]1CCCNC1)c1ccc2c(c1)CCC2. The maximum absolute atomic E-state index is 12.6. The lowest BCUT2D eigenvalue weighted by atomic mass is 10.1. The van der Waals surface area contributed by atoms with Crippen molar-refractivity contribution in [3.8, 4) is 0 Å². The van der Waals surface area contributed by atoms with Gasteiger partial charge in [0.15, 0.2) is 0 Å². The smallest absolute Gasteiger partial charge is 0.256 e. The summed E-state index contributed by atoms with van der Waals surface area (Å²) in [4.78, 5) is 25.2. The fraction of sp³-hybridized carbons (Fsp3) is 0.400. The number of carbonyl (C=O) groups is 2. The van der Waals surface area contributed by atoms with Crippen molar-refractivity contribution >= 4 is 40.6 Å². The topological polar surface area (TPSA) is 70.2 Å². The fourth-order valence-corrected chi connectivity index (χ4v) is 4.49. The lowest BCUT2D eigenvalue weighted by molar-refractivity contribution is 0.0932. The molecule has 1 aliphatic heterocycles. The van der Waals surface area contributed by atoms with Crippen molar-refractivity contribution in [2.24, 2.45) is 0 Å². The summed E-state index contributed by atoms with van der Waals surface area (Å²) in [5.41, 5.74) is 3.81. The van der Waals surface area contributed by atoms with Crippen LogP contribution >= 0.6 is 23.7 Å². The molecule has 2 heterocycles. The molecule has 1 aromatic heterocycles. The lowest BCUT2D eigenvalue weighted by Gasteiger charge is -2.23. The number of hydrogen-bond acceptors (Lipinski definition) is 4. The van der Waals surface area contributed by atoms with Crippen LogP contribution in [-0.4, -0.2) is 30.9 Å². The normalized spacial score (nSPS) is 18.3. The van der Waals surface area contributed by atoms with Crippen LogP contribution in [0.25, 0.3) is 0 Å². The zero-order valence-corrected chi connectivity index (χ0v) is 16.7. The molecule has 5 nitrogen and oxygen atoms in total. The van der Waals surface area contributed by atoms with Crippen molar-refractivity contribution < 1.29 is 9.59 Å². The van der Waals surface area contributed by atoms with Crippen molar-refractivity contribution in [1.29, 1.82) is 0 Å². The fourth-order valence-electron chi connectivity index (χ4n) is 3.71. The average molecular weight is 406 g/mol. The Labute approximate surface area is 169 Å². The van der Waals surface area contributed by atoms with E-state index in [2.05, 4.69) is 22.0 Å². The number of anilines is 1. The van der Waals surface area contributed by atoms with Gasteiger partial charge in [-0.25, -0.2) is 0 Å². The van der Waals surface area contributed by atoms with Crippen LogP contribution in [0.1, 0.15) is 51.1 Å². The molecule has 27 heavy (non-hydrogen) atoms. The van der Waals surface area contributed by atoms with Gasteiger partial charge in [0.1, 0.15) is 5.00 Å². The third-order valence-electron chi connectivity index (χ3n) is 5.13. The van der Waals surface area contributed by atoms with Gasteiger partial charge in [-0.1, -0.05) is 6.07 Å². The van der Waals surface area contributed by atoms with E-state index < -0.39 is 0 Å². The number of thiophene rings is 1. The van der Waals surface area contributed by atoms with E-state index in [9.17, 15) is 9.59 Å². The molecule has 1 fully saturated rings. The highest BCUT2D eigenvalue weighted by Crippen LogP contribution is 2.26. The Morgan fingerprint density at radius 1 is 1.07 bits per heavy atom. The predicted octanol–water partition coefficient (Wildman–Crippen LogP) is 3.39. The number of aryl methyl sites for hydroxylation is 2. The molecule has 0 bridgehead atoms. The number of hydrogen-bond donors (Lipinski definition) is 3. The van der Waals surface area contributed by atoms with Crippen molar-refractivity contribution in [1.82, 2.24) is 10.6 Å². The molecular weight excluding hydrogens is 382 g/mol. The standard InChI is InChI=1S/C20H23N3O2S.ClH/c24-18(15-7-6-13-3-1-4-14(13)11-15)23-20-17(8-10-26-20)19(25)22-16-5-2-9-21-12-16;/h6-8,10-11,16,21H,1-5,9,12H2,(H,22,25)(H,23,24);1H/t16-;/m0./s1. The summed E-state index contributed by atoms with van der Waals surface area (Å²) in [5.74, 6) is -0.278. The monoisotopic (exact) mass is 405 g/mol. The van der Waals surface area contributed by atoms with E-state index in [-0.39, 0.29) is 30.3 Å². The minimum absolute atomic E-state index is 0. The van der Waals surface area contributed by atoms with E-state index in [1.54, 1.807) is 6.07 Å². The second-order valence-corrected chi connectivity index (χ2v) is 7.89. The number of nitrogens with one attached hydrogen (secondary N) is 3. The molecular formula is C20H24ClN3O2S. The van der Waals surface area contributed by atoms with Crippen LogP contribution in [0.4, 0.5) is 5.00 Å². The van der Waals surface area contributed by atoms with Gasteiger partial charge in [-0.2, -0.15) is 0 Å². The Bertz CT molecular complexity index is 830. The van der Waals surface area contributed by atoms with Crippen molar-refractivity contribution in [2.75, 3.05) is 18.4 Å². The highest BCUT2D eigenvalue weighted by molar-refractivity contribution is 7.14. The quantitative estimate of drug-likeness (QED) is 0.730. The zero-order valence-electron chi connectivity index (χ0n) is 15.0. The Morgan fingerprint density at radius 3 is 2.74 bits per heavy atom. The summed E-state index contributed by atoms with van der Waals surface area (Å²) in [7, 11) is 0. The first-order valence-electron chi connectivity index (χ1n) is 9.23. The highest BCUT2D eigenvalue weighted by Gasteiger charge is 2.21. The minimum Gasteiger partial charge on any atom is -0.348 e. The molecule has 1 saturated heterocycles. The van der Waals surface area contributed by atoms with E-state index in [0.29, 0.717) is 16.1 Å². The minimum atomic E-state index is -0.157. The van der Waals surface area contributed by atoms with Gasteiger partial charge in [-0.05, 0) is 73.4 Å². The van der Waals surface area contributed by atoms with Crippen LogP contribution in [0.3, 0.4) is 0 Å². The van der Waals surface area contributed by atoms with Gasteiger partial charge >= 0.3 is 0 Å². The van der Waals surface area contributed by atoms with Crippen LogP contribution < -0.4 is 16.0 Å². The van der Waals surface area contributed by atoms with E-state index in [0.717, 1.165) is 45.2 Å². The van der Waals surface area contributed by atoms with Gasteiger partial charge in [-0.15, -0.1) is 23.7 Å². The first kappa shape index (κ1) is 19.9. The van der Waals surface area contributed by atoms with Gasteiger partial charge in [0.05, 0.1) is 5.56 Å². The zero-order chi connectivity index (χ0) is 17.9. The maximum atomic E-state index is 12.6. The van der Waals surface area contributed by atoms with Gasteiger partial charge in [-0.3, -0.25) is 9.59 Å². The van der Waals surface area contributed by atoms with Crippen LogP contribution in [0.5, 0.6) is 0 Å². The molecule has 1 aliphatic carbocycles. The Balaban J connectivity index is 0.00000210. The molecule has 144 valence electrons. The molecule has 2 aromatic rings. The van der Waals surface area contributed by atoms with Crippen LogP contribution in [0.2, 0.25) is 0 Å². The Kier molecular flexibility index (Phi) is 6.52. The third-order valence-corrected chi connectivity index (χ3v) is 5.96. The van der Waals surface area contributed by atoms with Crippen LogP contribution in [0, 0.1) is 0 Å². The number of benzene rings is 1. The molecule has 0 unspecified atom stereocenters. The number of piperidine rings is 1. The molecule has 0 radical (unpaired) electrons. The number of fused-ring (bicyclic) bond motifs is 1. The molecule has 4 rings (SSSR count). The molecule has 7 heteroatoms. The first-order chi connectivity index (χ1) is 12.7. The summed E-state index contributed by atoms with van der Waals surface area (Å²) in [6.45, 7) is 1.81. The lowest BCUT2D eigenvalue weighted by Crippen LogP contribution is -2.45. The van der Waals surface area contributed by atoms with Crippen LogP contribution in [-0.2, 0) is 12.8 Å². The molecule has 1 aromatic carbocycles. The van der Waals surface area contributed by atoms with Gasteiger partial charge < -0.3 is 16.0 Å². The van der Waals surface area contributed by atoms with Gasteiger partial charge in [0.25, 0.3) is 11.8 Å². The maximum Gasteiger partial charge on any atom is 0.256 e. The van der Waals surface area contributed by atoms with Crippen LogP contribution in [0.15, 0.2) is 29.6 Å². The van der Waals surface area contributed by atoms with Gasteiger partial charge in [0, 0.05) is 18.2 Å². The molecule has 0 saturated carbocycles. The number of rotatable bonds is 4.